The van der Waals surface area contributed by atoms with E-state index >= 15 is 0 Å². The van der Waals surface area contributed by atoms with Crippen molar-refractivity contribution in [3.05, 3.63) is 65.5 Å². The third-order valence-electron chi connectivity index (χ3n) is 7.31. The molecule has 0 spiro atoms. The molecule has 2 atom stereocenters. The maximum absolute atomic E-state index is 13.2. The number of amides is 1. The minimum atomic E-state index is -0.183. The zero-order chi connectivity index (χ0) is 25.7. The van der Waals surface area contributed by atoms with Gasteiger partial charge in [-0.1, -0.05) is 57.2 Å². The Hall–Kier alpha value is -2.70. The van der Waals surface area contributed by atoms with Crippen molar-refractivity contribution in [3.63, 3.8) is 0 Å². The number of piperidine rings is 1. The Bertz CT molecular complexity index is 1150. The number of likely N-dealkylation sites (tertiary alicyclic amines) is 1. The van der Waals surface area contributed by atoms with E-state index in [-0.39, 0.29) is 23.3 Å². The quantitative estimate of drug-likeness (QED) is 0.427. The summed E-state index contributed by atoms with van der Waals surface area (Å²) in [6.07, 6.45) is 4.05. The van der Waals surface area contributed by atoms with Crippen LogP contribution in [0.2, 0.25) is 0 Å². The van der Waals surface area contributed by atoms with Crippen LogP contribution >= 0.6 is 0 Å². The zero-order valence-corrected chi connectivity index (χ0v) is 22.4. The van der Waals surface area contributed by atoms with E-state index in [0.29, 0.717) is 19.4 Å². The second kappa shape index (κ2) is 11.6. The van der Waals surface area contributed by atoms with E-state index in [1.165, 1.54) is 11.1 Å². The molecule has 0 aliphatic carbocycles. The first-order valence-electron chi connectivity index (χ1n) is 13.3. The van der Waals surface area contributed by atoms with Gasteiger partial charge in [0.2, 0.25) is 5.91 Å². The van der Waals surface area contributed by atoms with Crippen LogP contribution in [0, 0.1) is 0 Å². The highest BCUT2D eigenvalue weighted by atomic mass is 16.5. The third-order valence-corrected chi connectivity index (χ3v) is 7.31. The molecule has 3 aromatic rings. The summed E-state index contributed by atoms with van der Waals surface area (Å²) in [5, 5.41) is 0. The lowest BCUT2D eigenvalue weighted by molar-refractivity contribution is -0.132. The van der Waals surface area contributed by atoms with Gasteiger partial charge in [-0.25, -0.2) is 4.98 Å². The molecule has 1 fully saturated rings. The fourth-order valence-electron chi connectivity index (χ4n) is 5.29. The number of hydrogen-bond donors (Lipinski definition) is 1. The maximum atomic E-state index is 13.2. The van der Waals surface area contributed by atoms with Crippen LogP contribution in [0.5, 0.6) is 0 Å². The number of aryl methyl sites for hydroxylation is 1. The molecule has 36 heavy (non-hydrogen) atoms. The summed E-state index contributed by atoms with van der Waals surface area (Å²) in [4.78, 5) is 20.3. The molecule has 194 valence electrons. The van der Waals surface area contributed by atoms with Gasteiger partial charge in [-0.15, -0.1) is 0 Å². The van der Waals surface area contributed by atoms with Crippen molar-refractivity contribution in [1.29, 1.82) is 0 Å². The number of para-hydroxylation sites is 2. The van der Waals surface area contributed by atoms with Gasteiger partial charge >= 0.3 is 0 Å². The summed E-state index contributed by atoms with van der Waals surface area (Å²) in [6, 6.07) is 16.8. The summed E-state index contributed by atoms with van der Waals surface area (Å²) in [7, 11) is 1.74. The van der Waals surface area contributed by atoms with Gasteiger partial charge in [-0.3, -0.25) is 4.79 Å². The molecular weight excluding hydrogens is 448 g/mol. The molecule has 1 aliphatic rings. The lowest BCUT2D eigenvalue weighted by Gasteiger charge is -2.33. The third kappa shape index (κ3) is 6.34. The SMILES string of the molecule is COCCCn1c(C2CCCN(C(=O)CC(N)Cc3ccc(C(C)(C)C)cc3)C2)nc2ccccc21. The van der Waals surface area contributed by atoms with Crippen molar-refractivity contribution >= 4 is 16.9 Å². The highest BCUT2D eigenvalue weighted by Gasteiger charge is 2.29. The number of carbonyl (C=O) groups excluding carboxylic acids is 1. The Morgan fingerprint density at radius 1 is 1.17 bits per heavy atom. The zero-order valence-electron chi connectivity index (χ0n) is 22.4. The molecule has 2 heterocycles. The van der Waals surface area contributed by atoms with Crippen molar-refractivity contribution in [2.75, 3.05) is 26.8 Å². The Labute approximate surface area is 215 Å². The lowest BCUT2D eigenvalue weighted by atomic mass is 9.86. The number of methoxy groups -OCH3 is 1. The molecule has 1 aliphatic heterocycles. The van der Waals surface area contributed by atoms with Gasteiger partial charge in [0.05, 0.1) is 11.0 Å². The molecule has 4 rings (SSSR count). The number of carbonyl (C=O) groups is 1. The van der Waals surface area contributed by atoms with Crippen LogP contribution in [-0.4, -0.2) is 53.2 Å². The Kier molecular flexibility index (Phi) is 8.47. The first kappa shape index (κ1) is 26.4. The molecule has 0 bridgehead atoms. The summed E-state index contributed by atoms with van der Waals surface area (Å²) in [5.74, 6) is 1.48. The number of nitrogens with two attached hydrogens (primary N) is 1. The summed E-state index contributed by atoms with van der Waals surface area (Å²) >= 11 is 0. The molecule has 0 radical (unpaired) electrons. The normalized spacial score (nSPS) is 17.5. The van der Waals surface area contributed by atoms with Crippen LogP contribution in [0.3, 0.4) is 0 Å². The molecular formula is C30H42N4O2. The molecule has 2 unspecified atom stereocenters. The molecule has 0 saturated carbocycles. The number of rotatable bonds is 9. The molecule has 6 heteroatoms. The number of fused-ring (bicyclic) bond motifs is 1. The van der Waals surface area contributed by atoms with E-state index in [9.17, 15) is 4.79 Å². The van der Waals surface area contributed by atoms with E-state index in [4.69, 9.17) is 15.5 Å². The first-order valence-corrected chi connectivity index (χ1v) is 13.3. The maximum Gasteiger partial charge on any atom is 0.224 e. The number of aromatic nitrogens is 2. The van der Waals surface area contributed by atoms with Crippen molar-refractivity contribution in [2.24, 2.45) is 5.73 Å². The van der Waals surface area contributed by atoms with Crippen LogP contribution in [0.4, 0.5) is 0 Å². The monoisotopic (exact) mass is 490 g/mol. The van der Waals surface area contributed by atoms with Crippen molar-refractivity contribution in [1.82, 2.24) is 14.5 Å². The van der Waals surface area contributed by atoms with E-state index < -0.39 is 0 Å². The topological polar surface area (TPSA) is 73.4 Å². The number of ether oxygens (including phenoxy) is 1. The van der Waals surface area contributed by atoms with Gasteiger partial charge in [0.15, 0.2) is 0 Å². The standard InChI is InChI=1S/C30H42N4O2/c1-30(2,3)24-14-12-22(13-15-24)19-25(31)20-28(35)33-16-7-9-23(21-33)29-32-26-10-5-6-11-27(26)34(29)17-8-18-36-4/h5-6,10-15,23,25H,7-9,16-21,31H2,1-4H3. The Morgan fingerprint density at radius 2 is 1.92 bits per heavy atom. The van der Waals surface area contributed by atoms with Crippen molar-refractivity contribution in [2.45, 2.75) is 76.8 Å². The average molecular weight is 491 g/mol. The predicted molar refractivity (Wildman–Crippen MR) is 146 cm³/mol. The fourth-order valence-corrected chi connectivity index (χ4v) is 5.29. The first-order chi connectivity index (χ1) is 17.3. The van der Waals surface area contributed by atoms with Gasteiger partial charge < -0.3 is 19.9 Å². The van der Waals surface area contributed by atoms with E-state index in [1.54, 1.807) is 7.11 Å². The Balaban J connectivity index is 1.40. The molecule has 1 saturated heterocycles. The molecule has 1 amide bonds. The lowest BCUT2D eigenvalue weighted by Crippen LogP contribution is -2.42. The Morgan fingerprint density at radius 3 is 2.64 bits per heavy atom. The second-order valence-corrected chi connectivity index (χ2v) is 11.3. The average Bonchev–Trinajstić information content (AvgIpc) is 3.23. The number of imidazole rings is 1. The molecule has 6 nitrogen and oxygen atoms in total. The molecule has 1 aromatic heterocycles. The largest absolute Gasteiger partial charge is 0.385 e. The van der Waals surface area contributed by atoms with Crippen LogP contribution in [0.1, 0.15) is 69.3 Å². The van der Waals surface area contributed by atoms with Crippen LogP contribution in [0.15, 0.2) is 48.5 Å². The second-order valence-electron chi connectivity index (χ2n) is 11.3. The number of benzene rings is 2. The minimum absolute atomic E-state index is 0.131. The van der Waals surface area contributed by atoms with E-state index in [1.807, 2.05) is 11.0 Å². The summed E-state index contributed by atoms with van der Waals surface area (Å²) in [6.45, 7) is 9.74. The predicted octanol–water partition coefficient (Wildman–Crippen LogP) is 5.04. The number of hydrogen-bond acceptors (Lipinski definition) is 4. The summed E-state index contributed by atoms with van der Waals surface area (Å²) in [5.41, 5.74) is 11.3. The molecule has 2 aromatic carbocycles. The minimum Gasteiger partial charge on any atom is -0.385 e. The van der Waals surface area contributed by atoms with Gasteiger partial charge in [0.25, 0.3) is 0 Å². The van der Waals surface area contributed by atoms with Gasteiger partial charge in [0.1, 0.15) is 5.82 Å². The number of nitrogens with zero attached hydrogens (tertiary/aromatic N) is 3. The highest BCUT2D eigenvalue weighted by Crippen LogP contribution is 2.30. The highest BCUT2D eigenvalue weighted by molar-refractivity contribution is 5.77. The van der Waals surface area contributed by atoms with E-state index in [0.717, 1.165) is 55.8 Å². The fraction of sp³-hybridized carbons (Fsp3) is 0.533. The van der Waals surface area contributed by atoms with Gasteiger partial charge in [-0.05, 0) is 54.4 Å². The van der Waals surface area contributed by atoms with Crippen molar-refractivity contribution < 1.29 is 9.53 Å². The van der Waals surface area contributed by atoms with Gasteiger partial charge in [-0.2, -0.15) is 0 Å². The molecule has 2 N–H and O–H groups in total. The smallest absolute Gasteiger partial charge is 0.224 e. The van der Waals surface area contributed by atoms with Crippen LogP contribution in [0.25, 0.3) is 11.0 Å². The van der Waals surface area contributed by atoms with Crippen LogP contribution in [-0.2, 0) is 27.9 Å². The van der Waals surface area contributed by atoms with Gasteiger partial charge in [0, 0.05) is 51.7 Å². The van der Waals surface area contributed by atoms with Crippen molar-refractivity contribution in [3.8, 4) is 0 Å². The van der Waals surface area contributed by atoms with E-state index in [2.05, 4.69) is 67.8 Å². The summed E-state index contributed by atoms with van der Waals surface area (Å²) < 4.78 is 7.62. The van der Waals surface area contributed by atoms with Crippen LogP contribution < -0.4 is 5.73 Å².